The van der Waals surface area contributed by atoms with Gasteiger partial charge in [0.1, 0.15) is 28.8 Å². The number of hydrogen-bond acceptors (Lipinski definition) is 9. The number of methoxy groups -OCH3 is 1. The zero-order valence-corrected chi connectivity index (χ0v) is 22.3. The summed E-state index contributed by atoms with van der Waals surface area (Å²) in [6.45, 7) is 8.23. The number of ether oxygens (including phenoxy) is 2. The fraction of sp³-hybridized carbons (Fsp3) is 0.407. The summed E-state index contributed by atoms with van der Waals surface area (Å²) in [4.78, 5) is 34.2. The zero-order valence-electron chi connectivity index (χ0n) is 21.5. The molecule has 1 saturated heterocycles. The van der Waals surface area contributed by atoms with Crippen LogP contribution in [0.15, 0.2) is 42.3 Å². The van der Waals surface area contributed by atoms with E-state index in [1.54, 1.807) is 13.2 Å². The van der Waals surface area contributed by atoms with Gasteiger partial charge < -0.3 is 30.5 Å². The largest absolute Gasteiger partial charge is 0.497 e. The van der Waals surface area contributed by atoms with Gasteiger partial charge in [-0.3, -0.25) is 4.79 Å². The number of nitrogens with zero attached hydrogens (tertiary/aromatic N) is 2. The Labute approximate surface area is 224 Å². The van der Waals surface area contributed by atoms with Crippen LogP contribution in [0.5, 0.6) is 11.5 Å². The van der Waals surface area contributed by atoms with Crippen molar-refractivity contribution in [3.8, 4) is 22.9 Å². The number of carbonyl (C=O) groups is 2. The quantitative estimate of drug-likeness (QED) is 0.287. The first-order chi connectivity index (χ1) is 18.2. The molecular formula is C27H31N5O5S. The predicted molar refractivity (Wildman–Crippen MR) is 146 cm³/mol. The number of benzene rings is 1. The highest BCUT2D eigenvalue weighted by Crippen LogP contribution is 2.44. The first-order valence-corrected chi connectivity index (χ1v) is 13.4. The highest BCUT2D eigenvalue weighted by molar-refractivity contribution is 7.14. The fourth-order valence-electron chi connectivity index (χ4n) is 4.73. The Kier molecular flexibility index (Phi) is 6.97. The Bertz CT molecular complexity index is 1390. The third kappa shape index (κ3) is 5.03. The Balaban J connectivity index is 1.36. The molecule has 5 rings (SSSR count). The van der Waals surface area contributed by atoms with Crippen LogP contribution in [0.1, 0.15) is 26.7 Å². The van der Waals surface area contributed by atoms with Crippen LogP contribution >= 0.6 is 11.3 Å². The van der Waals surface area contributed by atoms with Crippen molar-refractivity contribution >= 4 is 39.2 Å². The summed E-state index contributed by atoms with van der Waals surface area (Å²) in [7, 11) is 1.61. The van der Waals surface area contributed by atoms with Crippen LogP contribution in [0, 0.1) is 5.92 Å². The highest BCUT2D eigenvalue weighted by Gasteiger charge is 2.60. The van der Waals surface area contributed by atoms with E-state index in [1.807, 2.05) is 29.6 Å². The van der Waals surface area contributed by atoms with Crippen LogP contribution in [-0.4, -0.2) is 64.3 Å². The molecule has 2 aliphatic rings. The van der Waals surface area contributed by atoms with Crippen molar-refractivity contribution in [2.45, 2.75) is 50.4 Å². The number of carboxylic acid groups (broad SMARTS) is 1. The normalized spacial score (nSPS) is 24.3. The number of nitrogens with one attached hydrogen (secondary N) is 3. The lowest BCUT2D eigenvalue weighted by Gasteiger charge is -2.18. The van der Waals surface area contributed by atoms with Gasteiger partial charge in [-0.25, -0.2) is 14.8 Å². The van der Waals surface area contributed by atoms with E-state index in [-0.39, 0.29) is 24.0 Å². The molecule has 1 saturated carbocycles. The molecule has 2 aromatic heterocycles. The van der Waals surface area contributed by atoms with Gasteiger partial charge in [-0.1, -0.05) is 6.08 Å². The van der Waals surface area contributed by atoms with Crippen molar-refractivity contribution < 1.29 is 24.2 Å². The minimum atomic E-state index is -1.26. The Morgan fingerprint density at radius 2 is 2.11 bits per heavy atom. The van der Waals surface area contributed by atoms with E-state index in [0.717, 1.165) is 16.2 Å². The molecule has 0 radical (unpaired) electrons. The number of pyridine rings is 1. The lowest BCUT2D eigenvalue weighted by molar-refractivity contribution is -0.143. The average Bonchev–Trinajstić information content (AvgIpc) is 3.17. The molecule has 0 bridgehead atoms. The predicted octanol–water partition coefficient (Wildman–Crippen LogP) is 3.44. The fourth-order valence-corrected chi connectivity index (χ4v) is 5.58. The summed E-state index contributed by atoms with van der Waals surface area (Å²) in [5.41, 5.74) is 0.846. The molecule has 2 fully saturated rings. The third-order valence-corrected chi connectivity index (χ3v) is 7.66. The van der Waals surface area contributed by atoms with Gasteiger partial charge in [0.05, 0.1) is 24.4 Å². The van der Waals surface area contributed by atoms with Crippen molar-refractivity contribution in [3.05, 3.63) is 42.3 Å². The molecule has 1 aliphatic heterocycles. The van der Waals surface area contributed by atoms with Gasteiger partial charge >= 0.3 is 5.97 Å². The Morgan fingerprint density at radius 3 is 2.79 bits per heavy atom. The maximum atomic E-state index is 12.9. The van der Waals surface area contributed by atoms with Crippen LogP contribution in [0.3, 0.4) is 0 Å². The van der Waals surface area contributed by atoms with Crippen LogP contribution in [-0.2, 0) is 9.59 Å². The summed E-state index contributed by atoms with van der Waals surface area (Å²) < 4.78 is 11.8. The van der Waals surface area contributed by atoms with Crippen LogP contribution in [0.25, 0.3) is 22.3 Å². The molecule has 200 valence electrons. The number of aromatic nitrogens is 2. The van der Waals surface area contributed by atoms with Crippen LogP contribution in [0.2, 0.25) is 0 Å². The number of aliphatic carboxylic acids is 1. The van der Waals surface area contributed by atoms with Gasteiger partial charge in [0.15, 0.2) is 5.13 Å². The molecule has 4 N–H and O–H groups in total. The van der Waals surface area contributed by atoms with Gasteiger partial charge in [0, 0.05) is 47.8 Å². The number of fused-ring (bicyclic) bond motifs is 1. The van der Waals surface area contributed by atoms with Crippen molar-refractivity contribution in [2.24, 2.45) is 5.92 Å². The van der Waals surface area contributed by atoms with Crippen molar-refractivity contribution in [1.82, 2.24) is 20.6 Å². The number of anilines is 1. The van der Waals surface area contributed by atoms with E-state index in [0.29, 0.717) is 42.1 Å². The van der Waals surface area contributed by atoms with Crippen molar-refractivity contribution in [1.29, 1.82) is 0 Å². The second-order valence-corrected chi connectivity index (χ2v) is 10.8. The van der Waals surface area contributed by atoms with E-state index in [2.05, 4.69) is 41.4 Å². The van der Waals surface area contributed by atoms with E-state index in [4.69, 9.17) is 14.5 Å². The SMILES string of the molecule is C=CC1CC1(NC(=O)C1CC(Oc2cc(-c3csc(NC(C)C)n3)nc3cc(OC)ccc23)CN1)C(=O)O. The minimum absolute atomic E-state index is 0.259. The van der Waals surface area contributed by atoms with Gasteiger partial charge in [0.25, 0.3) is 0 Å². The first-order valence-electron chi connectivity index (χ1n) is 12.5. The lowest BCUT2D eigenvalue weighted by Crippen LogP contribution is -2.51. The van der Waals surface area contributed by atoms with E-state index >= 15 is 0 Å². The molecule has 38 heavy (non-hydrogen) atoms. The average molecular weight is 538 g/mol. The van der Waals surface area contributed by atoms with Crippen molar-refractivity contribution in [3.63, 3.8) is 0 Å². The molecule has 10 nitrogen and oxygen atoms in total. The molecule has 3 heterocycles. The standard InChI is InChI=1S/C27H31N5O5S/c1-5-15-11-27(15,25(34)35)32-24(33)21-9-17(12-28-21)37-23-10-20(22-13-38-26(31-22)29-14(2)3)30-19-8-16(36-4)6-7-18(19)23/h5-8,10,13-15,17,21,28H,1,9,11-12H2,2-4H3,(H,29,31)(H,32,33)(H,34,35). The van der Waals surface area contributed by atoms with Gasteiger partial charge in [0.2, 0.25) is 5.91 Å². The minimum Gasteiger partial charge on any atom is -0.497 e. The molecule has 4 unspecified atom stereocenters. The maximum Gasteiger partial charge on any atom is 0.330 e. The highest BCUT2D eigenvalue weighted by atomic mass is 32.1. The summed E-state index contributed by atoms with van der Waals surface area (Å²) in [6, 6.07) is 7.18. The number of thiazole rings is 1. The summed E-state index contributed by atoms with van der Waals surface area (Å²) in [5.74, 6) is -0.346. The van der Waals surface area contributed by atoms with Gasteiger partial charge in [-0.05, 0) is 32.4 Å². The second-order valence-electron chi connectivity index (χ2n) is 9.97. The molecule has 3 aromatic rings. The molecule has 0 spiro atoms. The Morgan fingerprint density at radius 1 is 1.29 bits per heavy atom. The topological polar surface area (TPSA) is 135 Å². The maximum absolute atomic E-state index is 12.9. The number of carbonyl (C=O) groups excluding carboxylic acids is 1. The molecule has 1 amide bonds. The summed E-state index contributed by atoms with van der Waals surface area (Å²) in [5, 5.41) is 22.4. The number of carboxylic acids is 1. The lowest BCUT2D eigenvalue weighted by atomic mass is 10.1. The van der Waals surface area contributed by atoms with Crippen LogP contribution in [0.4, 0.5) is 5.13 Å². The van der Waals surface area contributed by atoms with E-state index in [9.17, 15) is 14.7 Å². The monoisotopic (exact) mass is 537 g/mol. The van der Waals surface area contributed by atoms with Gasteiger partial charge in [-0.2, -0.15) is 0 Å². The molecule has 11 heteroatoms. The molecular weight excluding hydrogens is 506 g/mol. The summed E-state index contributed by atoms with van der Waals surface area (Å²) in [6.07, 6.45) is 2.03. The Hall–Kier alpha value is -3.70. The van der Waals surface area contributed by atoms with Crippen LogP contribution < -0.4 is 25.4 Å². The second kappa shape index (κ2) is 10.2. The number of amides is 1. The third-order valence-electron chi connectivity index (χ3n) is 6.89. The smallest absolute Gasteiger partial charge is 0.330 e. The molecule has 4 atom stereocenters. The molecule has 1 aliphatic carbocycles. The molecule has 1 aromatic carbocycles. The van der Waals surface area contributed by atoms with Crippen molar-refractivity contribution in [2.75, 3.05) is 19.0 Å². The van der Waals surface area contributed by atoms with Gasteiger partial charge in [-0.15, -0.1) is 17.9 Å². The first kappa shape index (κ1) is 25.9. The van der Waals surface area contributed by atoms with E-state index in [1.165, 1.54) is 11.3 Å². The number of hydrogen-bond donors (Lipinski definition) is 4. The summed E-state index contributed by atoms with van der Waals surface area (Å²) >= 11 is 1.51. The number of rotatable bonds is 10. The zero-order chi connectivity index (χ0) is 27.0. The van der Waals surface area contributed by atoms with E-state index < -0.39 is 17.6 Å².